The van der Waals surface area contributed by atoms with E-state index >= 15 is 0 Å². The molecule has 1 unspecified atom stereocenters. The molecule has 1 atom stereocenters. The molecule has 21 heavy (non-hydrogen) atoms. The van der Waals surface area contributed by atoms with Crippen molar-refractivity contribution in [1.29, 1.82) is 0 Å². The fourth-order valence-corrected chi connectivity index (χ4v) is 3.33. The zero-order valence-electron chi connectivity index (χ0n) is 12.8. The van der Waals surface area contributed by atoms with E-state index in [0.29, 0.717) is 12.5 Å². The molecule has 0 fully saturated rings. The van der Waals surface area contributed by atoms with E-state index in [1.165, 1.54) is 34.5 Å². The summed E-state index contributed by atoms with van der Waals surface area (Å²) < 4.78 is 0. The molecule has 0 saturated heterocycles. The van der Waals surface area contributed by atoms with E-state index in [-0.39, 0.29) is 0 Å². The van der Waals surface area contributed by atoms with Gasteiger partial charge in [0.1, 0.15) is 0 Å². The quantitative estimate of drug-likeness (QED) is 0.915. The number of aromatic nitrogens is 1. The fraction of sp³-hybridized carbons (Fsp3) is 0.421. The van der Waals surface area contributed by atoms with Gasteiger partial charge in [-0.15, -0.1) is 0 Å². The number of hydrogen-bond acceptors (Lipinski definition) is 2. The number of nitrogens with zero attached hydrogens (tertiary/aromatic N) is 1. The van der Waals surface area contributed by atoms with Crippen molar-refractivity contribution < 1.29 is 0 Å². The number of aryl methyl sites for hydroxylation is 3. The third-order valence-corrected chi connectivity index (χ3v) is 4.58. The van der Waals surface area contributed by atoms with E-state index in [2.05, 4.69) is 43.3 Å². The highest BCUT2D eigenvalue weighted by Crippen LogP contribution is 2.28. The van der Waals surface area contributed by atoms with Crippen LogP contribution in [0.25, 0.3) is 0 Å². The van der Waals surface area contributed by atoms with Gasteiger partial charge in [-0.2, -0.15) is 0 Å². The van der Waals surface area contributed by atoms with Crippen LogP contribution in [0.1, 0.15) is 47.3 Å². The molecule has 0 bridgehead atoms. The van der Waals surface area contributed by atoms with Crippen LogP contribution >= 0.6 is 0 Å². The number of benzene rings is 1. The maximum Gasteiger partial charge on any atom is 0.0485 e. The van der Waals surface area contributed by atoms with Crippen molar-refractivity contribution in [3.8, 4) is 0 Å². The molecular weight excluding hydrogens is 256 g/mol. The molecule has 2 aromatic rings. The van der Waals surface area contributed by atoms with Crippen LogP contribution in [-0.4, -0.2) is 11.5 Å². The number of rotatable bonds is 2. The van der Waals surface area contributed by atoms with Crippen molar-refractivity contribution in [3.63, 3.8) is 0 Å². The number of pyridine rings is 1. The summed E-state index contributed by atoms with van der Waals surface area (Å²) in [6.45, 7) is 2.83. The summed E-state index contributed by atoms with van der Waals surface area (Å²) in [5.74, 6) is 0.339. The second-order valence-corrected chi connectivity index (χ2v) is 5.96. The molecule has 3 rings (SSSR count). The maximum absolute atomic E-state index is 6.10. The van der Waals surface area contributed by atoms with Gasteiger partial charge in [-0.3, -0.25) is 4.98 Å². The van der Waals surface area contributed by atoms with Crippen LogP contribution in [0.5, 0.6) is 0 Å². The zero-order chi connectivity index (χ0) is 14.7. The first-order valence-corrected chi connectivity index (χ1v) is 8.07. The second-order valence-electron chi connectivity index (χ2n) is 5.96. The summed E-state index contributed by atoms with van der Waals surface area (Å²) in [4.78, 5) is 4.92. The molecule has 1 aromatic carbocycles. The average molecular weight is 280 g/mol. The summed E-state index contributed by atoms with van der Waals surface area (Å²) in [7, 11) is 0. The Morgan fingerprint density at radius 1 is 1.05 bits per heavy atom. The van der Waals surface area contributed by atoms with Crippen LogP contribution < -0.4 is 5.73 Å². The topological polar surface area (TPSA) is 38.9 Å². The lowest BCUT2D eigenvalue weighted by Crippen LogP contribution is -2.18. The standard InChI is InChI=1S/C19H24N2/c1-2-18-11-10-15-9-5-8-14-6-3-4-7-16(14)12-17(13-20)19(15)21-18/h3-4,6-7,10-11,17H,2,5,8-9,12-13,20H2,1H3. The summed E-state index contributed by atoms with van der Waals surface area (Å²) in [5, 5.41) is 0. The Hall–Kier alpha value is -1.67. The van der Waals surface area contributed by atoms with Gasteiger partial charge in [0.2, 0.25) is 0 Å². The van der Waals surface area contributed by atoms with Gasteiger partial charge in [0.25, 0.3) is 0 Å². The van der Waals surface area contributed by atoms with Gasteiger partial charge in [0, 0.05) is 23.9 Å². The average Bonchev–Trinajstić information content (AvgIpc) is 2.61. The van der Waals surface area contributed by atoms with Gasteiger partial charge in [-0.25, -0.2) is 0 Å². The first-order valence-electron chi connectivity index (χ1n) is 8.07. The number of nitrogens with two attached hydrogens (primary N) is 1. The molecule has 0 amide bonds. The van der Waals surface area contributed by atoms with Crippen molar-refractivity contribution in [2.45, 2.75) is 44.9 Å². The molecule has 1 heterocycles. The first-order chi connectivity index (χ1) is 10.3. The minimum absolute atomic E-state index is 0.339. The highest BCUT2D eigenvalue weighted by molar-refractivity contribution is 5.34. The van der Waals surface area contributed by atoms with Crippen LogP contribution in [-0.2, 0) is 25.7 Å². The summed E-state index contributed by atoms with van der Waals surface area (Å²) >= 11 is 0. The lowest BCUT2D eigenvalue weighted by molar-refractivity contribution is 0.659. The van der Waals surface area contributed by atoms with Gasteiger partial charge in [0.05, 0.1) is 0 Å². The van der Waals surface area contributed by atoms with Crippen LogP contribution in [0, 0.1) is 0 Å². The van der Waals surface area contributed by atoms with E-state index in [9.17, 15) is 0 Å². The molecule has 2 N–H and O–H groups in total. The van der Waals surface area contributed by atoms with Gasteiger partial charge in [0.15, 0.2) is 0 Å². The molecule has 1 aromatic heterocycles. The molecule has 0 spiro atoms. The molecule has 2 heteroatoms. The highest BCUT2D eigenvalue weighted by atomic mass is 14.7. The Kier molecular flexibility index (Phi) is 4.35. The lowest BCUT2D eigenvalue weighted by atomic mass is 9.91. The molecule has 0 radical (unpaired) electrons. The summed E-state index contributed by atoms with van der Waals surface area (Å²) in [5.41, 5.74) is 12.9. The van der Waals surface area contributed by atoms with Gasteiger partial charge in [-0.05, 0) is 54.9 Å². The Bertz CT molecular complexity index is 619. The fourth-order valence-electron chi connectivity index (χ4n) is 3.33. The van der Waals surface area contributed by atoms with Gasteiger partial charge in [-0.1, -0.05) is 37.3 Å². The van der Waals surface area contributed by atoms with Crippen molar-refractivity contribution in [2.75, 3.05) is 6.54 Å². The molecule has 0 aliphatic heterocycles. The lowest BCUT2D eigenvalue weighted by Gasteiger charge is -2.18. The van der Waals surface area contributed by atoms with Crippen molar-refractivity contribution >= 4 is 0 Å². The molecule has 2 nitrogen and oxygen atoms in total. The van der Waals surface area contributed by atoms with Crippen LogP contribution in [0.2, 0.25) is 0 Å². The zero-order valence-corrected chi connectivity index (χ0v) is 12.8. The smallest absolute Gasteiger partial charge is 0.0485 e. The number of fused-ring (bicyclic) bond motifs is 2. The van der Waals surface area contributed by atoms with E-state index in [0.717, 1.165) is 25.7 Å². The summed E-state index contributed by atoms with van der Waals surface area (Å²) in [6, 6.07) is 13.3. The normalized spacial score (nSPS) is 18.1. The second kappa shape index (κ2) is 6.40. The Labute approximate surface area is 127 Å². The third-order valence-electron chi connectivity index (χ3n) is 4.58. The minimum Gasteiger partial charge on any atom is -0.330 e. The monoisotopic (exact) mass is 280 g/mol. The van der Waals surface area contributed by atoms with E-state index in [1.54, 1.807) is 0 Å². The van der Waals surface area contributed by atoms with Crippen molar-refractivity contribution in [2.24, 2.45) is 5.73 Å². The molecule has 110 valence electrons. The molecular formula is C19H24N2. The predicted octanol–water partition coefficient (Wildman–Crippen LogP) is 3.42. The van der Waals surface area contributed by atoms with E-state index in [1.807, 2.05) is 0 Å². The van der Waals surface area contributed by atoms with Crippen LogP contribution in [0.15, 0.2) is 36.4 Å². The maximum atomic E-state index is 6.10. The third kappa shape index (κ3) is 3.01. The predicted molar refractivity (Wildman–Crippen MR) is 87.6 cm³/mol. The Morgan fingerprint density at radius 2 is 1.81 bits per heavy atom. The largest absolute Gasteiger partial charge is 0.330 e. The molecule has 1 aliphatic carbocycles. The van der Waals surface area contributed by atoms with Gasteiger partial charge < -0.3 is 5.73 Å². The molecule has 1 aliphatic rings. The Balaban J connectivity index is 2.04. The van der Waals surface area contributed by atoms with Crippen molar-refractivity contribution in [3.05, 3.63) is 64.5 Å². The van der Waals surface area contributed by atoms with E-state index < -0.39 is 0 Å². The Morgan fingerprint density at radius 3 is 2.57 bits per heavy atom. The van der Waals surface area contributed by atoms with Crippen molar-refractivity contribution in [1.82, 2.24) is 4.98 Å². The van der Waals surface area contributed by atoms with Crippen LogP contribution in [0.4, 0.5) is 0 Å². The first kappa shape index (κ1) is 14.3. The van der Waals surface area contributed by atoms with Gasteiger partial charge >= 0.3 is 0 Å². The highest BCUT2D eigenvalue weighted by Gasteiger charge is 2.20. The number of hydrogen-bond donors (Lipinski definition) is 1. The summed E-state index contributed by atoms with van der Waals surface area (Å²) in [6.07, 6.45) is 5.45. The molecule has 0 saturated carbocycles. The minimum atomic E-state index is 0.339. The SMILES string of the molecule is CCc1ccc2c(n1)C(CN)Cc1ccccc1CCC2. The van der Waals surface area contributed by atoms with Crippen LogP contribution in [0.3, 0.4) is 0 Å². The van der Waals surface area contributed by atoms with E-state index in [4.69, 9.17) is 10.7 Å².